The summed E-state index contributed by atoms with van der Waals surface area (Å²) in [6.07, 6.45) is 0. The van der Waals surface area contributed by atoms with E-state index >= 15 is 0 Å². The number of aromatic nitrogens is 2. The summed E-state index contributed by atoms with van der Waals surface area (Å²) in [5.41, 5.74) is 0.184. The molecule has 0 aliphatic heterocycles. The molecule has 14 heavy (non-hydrogen) atoms. The number of rotatable bonds is 1. The summed E-state index contributed by atoms with van der Waals surface area (Å²) in [4.78, 5) is 9.86. The first-order valence-corrected chi connectivity index (χ1v) is 5.20. The van der Waals surface area contributed by atoms with Crippen molar-refractivity contribution >= 4 is 31.7 Å². The molecule has 0 radical (unpaired) electrons. The van der Waals surface area contributed by atoms with Crippen LogP contribution in [0.5, 0.6) is 0 Å². The molecule has 0 amide bonds. The third-order valence-corrected chi connectivity index (χ3v) is 2.97. The molecule has 0 spiro atoms. The molecule has 0 fully saturated rings. The standard InChI is InChI=1S/C7H4FN3O2Se/c1-3-2-4-6(10-14-9-4)7(5(3)8)11(12)13/h2H,1H3. The molecular formula is C7H4FN3O2Se. The number of benzene rings is 1. The molecule has 0 saturated heterocycles. The van der Waals surface area contributed by atoms with Crippen LogP contribution in [0, 0.1) is 22.9 Å². The summed E-state index contributed by atoms with van der Waals surface area (Å²) in [6, 6.07) is 1.48. The summed E-state index contributed by atoms with van der Waals surface area (Å²) in [6.45, 7) is 1.48. The Bertz CT molecular complexity index is 525. The molecule has 0 unspecified atom stereocenters. The van der Waals surface area contributed by atoms with Gasteiger partial charge in [0.05, 0.1) is 0 Å². The van der Waals surface area contributed by atoms with Crippen LogP contribution in [0.15, 0.2) is 6.07 Å². The van der Waals surface area contributed by atoms with Gasteiger partial charge in [-0.15, -0.1) is 0 Å². The van der Waals surface area contributed by atoms with Crippen molar-refractivity contribution in [2.75, 3.05) is 0 Å². The molecule has 1 aromatic carbocycles. The van der Waals surface area contributed by atoms with Gasteiger partial charge in [-0.3, -0.25) is 0 Å². The second-order valence-electron chi connectivity index (χ2n) is 2.75. The summed E-state index contributed by atoms with van der Waals surface area (Å²) < 4.78 is 21.2. The number of nitrogens with zero attached hydrogens (tertiary/aromatic N) is 3. The Balaban J connectivity index is 2.93. The first-order chi connectivity index (χ1) is 6.61. The molecule has 0 atom stereocenters. The maximum absolute atomic E-state index is 13.4. The number of hydrogen-bond donors (Lipinski definition) is 0. The van der Waals surface area contributed by atoms with Gasteiger partial charge in [0.25, 0.3) is 0 Å². The molecule has 1 aromatic heterocycles. The molecule has 72 valence electrons. The molecule has 5 nitrogen and oxygen atoms in total. The van der Waals surface area contributed by atoms with Gasteiger partial charge in [-0.1, -0.05) is 0 Å². The summed E-state index contributed by atoms with van der Waals surface area (Å²) >= 11 is -0.382. The molecule has 2 aromatic rings. The minimum atomic E-state index is -0.814. The van der Waals surface area contributed by atoms with Gasteiger partial charge in [0, 0.05) is 0 Å². The van der Waals surface area contributed by atoms with Gasteiger partial charge in [-0.25, -0.2) is 0 Å². The fourth-order valence-electron chi connectivity index (χ4n) is 1.18. The monoisotopic (exact) mass is 261 g/mol. The van der Waals surface area contributed by atoms with Crippen LogP contribution in [-0.4, -0.2) is 27.8 Å². The number of aryl methyl sites for hydroxylation is 1. The first-order valence-electron chi connectivity index (χ1n) is 3.67. The van der Waals surface area contributed by atoms with Gasteiger partial charge in [0.2, 0.25) is 0 Å². The van der Waals surface area contributed by atoms with E-state index in [-0.39, 0.29) is 26.0 Å². The molecule has 1 heterocycles. The Hall–Kier alpha value is -1.33. The fourth-order valence-corrected chi connectivity index (χ4v) is 2.29. The van der Waals surface area contributed by atoms with Gasteiger partial charge in [-0.05, 0) is 0 Å². The average molecular weight is 260 g/mol. The van der Waals surface area contributed by atoms with Gasteiger partial charge in [-0.2, -0.15) is 0 Å². The fraction of sp³-hybridized carbons (Fsp3) is 0.143. The second-order valence-corrected chi connectivity index (χ2v) is 3.85. The number of nitro benzene ring substituents is 1. The van der Waals surface area contributed by atoms with Crippen LogP contribution in [0.1, 0.15) is 5.56 Å². The second kappa shape index (κ2) is 3.11. The van der Waals surface area contributed by atoms with Crippen molar-refractivity contribution in [1.82, 2.24) is 7.96 Å². The summed E-state index contributed by atoms with van der Waals surface area (Å²) in [5.74, 6) is -0.814. The van der Waals surface area contributed by atoms with Crippen LogP contribution >= 0.6 is 0 Å². The zero-order valence-corrected chi connectivity index (χ0v) is 8.73. The van der Waals surface area contributed by atoms with Crippen LogP contribution in [0.2, 0.25) is 0 Å². The minimum absolute atomic E-state index is 0.0816. The van der Waals surface area contributed by atoms with Gasteiger partial charge >= 0.3 is 83.4 Å². The van der Waals surface area contributed by atoms with E-state index in [4.69, 9.17) is 0 Å². The number of halogens is 1. The van der Waals surface area contributed by atoms with Crippen molar-refractivity contribution in [3.05, 3.63) is 27.6 Å². The Kier molecular flexibility index (Phi) is 2.05. The van der Waals surface area contributed by atoms with E-state index in [1.807, 2.05) is 0 Å². The number of hydrogen-bond acceptors (Lipinski definition) is 4. The molecule has 0 aliphatic rings. The van der Waals surface area contributed by atoms with Crippen LogP contribution in [0.4, 0.5) is 10.1 Å². The Morgan fingerprint density at radius 3 is 2.93 bits per heavy atom. The van der Waals surface area contributed by atoms with E-state index < -0.39 is 16.4 Å². The Morgan fingerprint density at radius 1 is 1.57 bits per heavy atom. The van der Waals surface area contributed by atoms with Crippen molar-refractivity contribution in [2.24, 2.45) is 0 Å². The average Bonchev–Trinajstić information content (AvgIpc) is 2.52. The van der Waals surface area contributed by atoms with E-state index in [1.165, 1.54) is 13.0 Å². The molecule has 0 bridgehead atoms. The third-order valence-electron chi connectivity index (χ3n) is 1.83. The van der Waals surface area contributed by atoms with E-state index in [1.54, 1.807) is 0 Å². The SMILES string of the molecule is Cc1cc2n[se]nc2c([N+](=O)[O-])c1F. The van der Waals surface area contributed by atoms with Crippen molar-refractivity contribution in [3.63, 3.8) is 0 Å². The summed E-state index contributed by atoms with van der Waals surface area (Å²) in [7, 11) is 0. The normalized spacial score (nSPS) is 10.7. The Morgan fingerprint density at radius 2 is 2.29 bits per heavy atom. The van der Waals surface area contributed by atoms with Crippen LogP contribution < -0.4 is 0 Å². The zero-order chi connectivity index (χ0) is 10.3. The predicted molar refractivity (Wildman–Crippen MR) is 47.8 cm³/mol. The van der Waals surface area contributed by atoms with Crippen LogP contribution in [-0.2, 0) is 0 Å². The van der Waals surface area contributed by atoms with Crippen molar-refractivity contribution in [2.45, 2.75) is 6.92 Å². The zero-order valence-electron chi connectivity index (χ0n) is 7.02. The summed E-state index contributed by atoms with van der Waals surface area (Å²) in [5, 5.41) is 10.6. The van der Waals surface area contributed by atoms with Crippen molar-refractivity contribution < 1.29 is 9.31 Å². The van der Waals surface area contributed by atoms with Crippen LogP contribution in [0.3, 0.4) is 0 Å². The number of nitro groups is 1. The molecule has 0 N–H and O–H groups in total. The maximum atomic E-state index is 13.4. The first kappa shape index (κ1) is 9.23. The van der Waals surface area contributed by atoms with Gasteiger partial charge < -0.3 is 0 Å². The van der Waals surface area contributed by atoms with E-state index in [9.17, 15) is 14.5 Å². The third kappa shape index (κ3) is 1.21. The molecular weight excluding hydrogens is 256 g/mol. The van der Waals surface area contributed by atoms with E-state index in [0.29, 0.717) is 5.52 Å². The van der Waals surface area contributed by atoms with Crippen LogP contribution in [0.25, 0.3) is 11.0 Å². The van der Waals surface area contributed by atoms with Gasteiger partial charge in [0.15, 0.2) is 0 Å². The molecule has 0 saturated carbocycles. The molecule has 0 aliphatic carbocycles. The van der Waals surface area contributed by atoms with E-state index in [0.717, 1.165) is 0 Å². The predicted octanol–water partition coefficient (Wildman–Crippen LogP) is 1.04. The molecule has 7 heteroatoms. The Labute approximate surface area is 83.9 Å². The topological polar surface area (TPSA) is 68.9 Å². The molecule has 2 rings (SSSR count). The quantitative estimate of drug-likeness (QED) is 0.436. The number of fused-ring (bicyclic) bond motifs is 1. The van der Waals surface area contributed by atoms with E-state index in [2.05, 4.69) is 7.96 Å². The van der Waals surface area contributed by atoms with Crippen molar-refractivity contribution in [1.29, 1.82) is 0 Å². The van der Waals surface area contributed by atoms with Crippen molar-refractivity contribution in [3.8, 4) is 0 Å². The van der Waals surface area contributed by atoms with Gasteiger partial charge in [0.1, 0.15) is 0 Å².